The van der Waals surface area contributed by atoms with Crippen molar-refractivity contribution in [1.82, 2.24) is 4.31 Å². The number of benzene rings is 2. The molecule has 0 amide bonds. The summed E-state index contributed by atoms with van der Waals surface area (Å²) in [5.41, 5.74) is 0.871. The lowest BCUT2D eigenvalue weighted by Gasteiger charge is -2.29. The number of hydrogen-bond acceptors (Lipinski definition) is 4. The molecule has 128 valence electrons. The van der Waals surface area contributed by atoms with Crippen LogP contribution >= 0.6 is 15.9 Å². The van der Waals surface area contributed by atoms with Gasteiger partial charge in [-0.1, -0.05) is 28.1 Å². The molecule has 0 radical (unpaired) electrons. The van der Waals surface area contributed by atoms with Gasteiger partial charge in [0.05, 0.1) is 11.4 Å². The Labute approximate surface area is 150 Å². The Morgan fingerprint density at radius 2 is 1.92 bits per heavy atom. The Balaban J connectivity index is 1.74. The number of hydrogen-bond donors (Lipinski definition) is 0. The van der Waals surface area contributed by atoms with Crippen LogP contribution in [-0.4, -0.2) is 39.0 Å². The van der Waals surface area contributed by atoms with Gasteiger partial charge in [0.25, 0.3) is 0 Å². The van der Waals surface area contributed by atoms with Crippen LogP contribution < -0.4 is 9.47 Å². The zero-order valence-electron chi connectivity index (χ0n) is 13.4. The van der Waals surface area contributed by atoms with Gasteiger partial charge < -0.3 is 9.47 Å². The Kier molecular flexibility index (Phi) is 4.85. The zero-order valence-corrected chi connectivity index (χ0v) is 15.8. The molecule has 1 aliphatic rings. The van der Waals surface area contributed by atoms with E-state index < -0.39 is 10.0 Å². The highest BCUT2D eigenvalue weighted by molar-refractivity contribution is 9.10. The molecule has 1 heterocycles. The van der Waals surface area contributed by atoms with Gasteiger partial charge in [-0.05, 0) is 42.8 Å². The molecule has 0 saturated heterocycles. The molecule has 1 aliphatic heterocycles. The van der Waals surface area contributed by atoms with Gasteiger partial charge in [0.15, 0.2) is 11.5 Å². The van der Waals surface area contributed by atoms with Crippen molar-refractivity contribution in [2.24, 2.45) is 0 Å². The van der Waals surface area contributed by atoms with E-state index in [2.05, 4.69) is 15.9 Å². The second-order valence-electron chi connectivity index (χ2n) is 5.69. The maximum Gasteiger partial charge on any atom is 0.242 e. The Morgan fingerprint density at radius 1 is 1.21 bits per heavy atom. The van der Waals surface area contributed by atoms with Gasteiger partial charge in [0.1, 0.15) is 12.7 Å². The van der Waals surface area contributed by atoms with E-state index in [1.54, 1.807) is 25.2 Å². The summed E-state index contributed by atoms with van der Waals surface area (Å²) in [4.78, 5) is 0.267. The van der Waals surface area contributed by atoms with Crippen LogP contribution in [0.15, 0.2) is 51.8 Å². The van der Waals surface area contributed by atoms with Crippen molar-refractivity contribution in [1.29, 1.82) is 0 Å². The maximum atomic E-state index is 12.7. The third-order valence-electron chi connectivity index (χ3n) is 3.87. The normalized spacial score (nSPS) is 17.1. The van der Waals surface area contributed by atoms with Crippen molar-refractivity contribution in [3.05, 3.63) is 52.5 Å². The molecule has 0 bridgehead atoms. The van der Waals surface area contributed by atoms with Crippen LogP contribution in [-0.2, 0) is 10.0 Å². The van der Waals surface area contributed by atoms with Crippen LogP contribution in [0.25, 0.3) is 0 Å². The van der Waals surface area contributed by atoms with Gasteiger partial charge in [-0.15, -0.1) is 0 Å². The predicted molar refractivity (Wildman–Crippen MR) is 95.0 cm³/mol. The first-order valence-corrected chi connectivity index (χ1v) is 9.72. The minimum atomic E-state index is -3.58. The van der Waals surface area contributed by atoms with Crippen molar-refractivity contribution < 1.29 is 17.9 Å². The van der Waals surface area contributed by atoms with Crippen LogP contribution in [0.5, 0.6) is 11.5 Å². The second-order valence-corrected chi connectivity index (χ2v) is 8.59. The molecule has 0 unspecified atom stereocenters. The van der Waals surface area contributed by atoms with E-state index in [9.17, 15) is 8.42 Å². The third-order valence-corrected chi connectivity index (χ3v) is 6.57. The second kappa shape index (κ2) is 6.74. The van der Waals surface area contributed by atoms with E-state index >= 15 is 0 Å². The average Bonchev–Trinajstić information content (AvgIpc) is 2.57. The highest BCUT2D eigenvalue weighted by Gasteiger charge is 2.28. The molecule has 5 nitrogen and oxygen atoms in total. The molecule has 3 rings (SSSR count). The summed E-state index contributed by atoms with van der Waals surface area (Å²) in [6.45, 7) is 2.39. The average molecular weight is 412 g/mol. The standard InChI is InChI=1S/C17H18BrNO4S/c1-12-9-14(7-8-15(12)18)24(20,21)19(2)10-13-11-22-16-5-3-4-6-17(16)23-13/h3-9,13H,10-11H2,1-2H3/t13-/m0/s1. The van der Waals surface area contributed by atoms with Crippen LogP contribution in [0.3, 0.4) is 0 Å². The highest BCUT2D eigenvalue weighted by atomic mass is 79.9. The van der Waals surface area contributed by atoms with E-state index in [-0.39, 0.29) is 17.5 Å². The fraction of sp³-hybridized carbons (Fsp3) is 0.294. The molecule has 7 heteroatoms. The lowest BCUT2D eigenvalue weighted by Crippen LogP contribution is -2.41. The quantitative estimate of drug-likeness (QED) is 0.774. The largest absolute Gasteiger partial charge is 0.486 e. The monoisotopic (exact) mass is 411 g/mol. The molecule has 0 aliphatic carbocycles. The number of likely N-dealkylation sites (N-methyl/N-ethyl adjacent to an activating group) is 1. The zero-order chi connectivity index (χ0) is 17.3. The van der Waals surface area contributed by atoms with Crippen molar-refractivity contribution in [2.45, 2.75) is 17.9 Å². The number of para-hydroxylation sites is 2. The predicted octanol–water partition coefficient (Wildman–Crippen LogP) is 3.22. The summed E-state index contributed by atoms with van der Waals surface area (Å²) in [6, 6.07) is 12.4. The smallest absolute Gasteiger partial charge is 0.242 e. The number of sulfonamides is 1. The molecule has 0 N–H and O–H groups in total. The Bertz CT molecular complexity index is 853. The number of ether oxygens (including phenoxy) is 2. The third kappa shape index (κ3) is 3.43. The summed E-state index contributed by atoms with van der Waals surface area (Å²) < 4.78 is 39.1. The Morgan fingerprint density at radius 3 is 2.62 bits per heavy atom. The fourth-order valence-corrected chi connectivity index (χ4v) is 4.03. The van der Waals surface area contributed by atoms with Crippen LogP contribution in [0, 0.1) is 6.92 Å². The SMILES string of the molecule is Cc1cc(S(=O)(=O)N(C)C[C@H]2COc3ccccc3O2)ccc1Br. The van der Waals surface area contributed by atoms with Crippen LogP contribution in [0.2, 0.25) is 0 Å². The van der Waals surface area contributed by atoms with Crippen molar-refractivity contribution in [2.75, 3.05) is 20.2 Å². The summed E-state index contributed by atoms with van der Waals surface area (Å²) in [6.07, 6.45) is -0.351. The highest BCUT2D eigenvalue weighted by Crippen LogP contribution is 2.31. The fourth-order valence-electron chi connectivity index (χ4n) is 2.50. The topological polar surface area (TPSA) is 55.8 Å². The molecule has 2 aromatic carbocycles. The lowest BCUT2D eigenvalue weighted by molar-refractivity contribution is 0.0798. The molecule has 0 saturated carbocycles. The first-order valence-electron chi connectivity index (χ1n) is 7.49. The van der Waals surface area contributed by atoms with Gasteiger partial charge in [0.2, 0.25) is 10.0 Å². The van der Waals surface area contributed by atoms with Crippen molar-refractivity contribution >= 4 is 26.0 Å². The first-order chi connectivity index (χ1) is 11.4. The Hall–Kier alpha value is -1.57. The number of aryl methyl sites for hydroxylation is 1. The van der Waals surface area contributed by atoms with Crippen molar-refractivity contribution in [3.8, 4) is 11.5 Å². The summed E-state index contributed by atoms with van der Waals surface area (Å²) in [7, 11) is -2.03. The van der Waals surface area contributed by atoms with Gasteiger partial charge in [-0.25, -0.2) is 8.42 Å². The van der Waals surface area contributed by atoms with Gasteiger partial charge in [0, 0.05) is 11.5 Å². The van der Waals surface area contributed by atoms with Crippen LogP contribution in [0.4, 0.5) is 0 Å². The molecule has 2 aromatic rings. The van der Waals surface area contributed by atoms with Gasteiger partial charge in [-0.3, -0.25) is 0 Å². The molecule has 1 atom stereocenters. The van der Waals surface area contributed by atoms with Gasteiger partial charge >= 0.3 is 0 Å². The number of fused-ring (bicyclic) bond motifs is 1. The molecular formula is C17H18BrNO4S. The molecule has 24 heavy (non-hydrogen) atoms. The first kappa shape index (κ1) is 17.3. The van der Waals surface area contributed by atoms with E-state index in [1.165, 1.54) is 4.31 Å². The lowest BCUT2D eigenvalue weighted by atomic mass is 10.2. The molecule has 0 fully saturated rings. The summed E-state index contributed by atoms with van der Waals surface area (Å²) in [5, 5.41) is 0. The summed E-state index contributed by atoms with van der Waals surface area (Å²) >= 11 is 3.38. The van der Waals surface area contributed by atoms with E-state index in [0.717, 1.165) is 10.0 Å². The summed E-state index contributed by atoms with van der Waals surface area (Å²) in [5.74, 6) is 1.32. The van der Waals surface area contributed by atoms with Crippen LogP contribution in [0.1, 0.15) is 5.56 Å². The van der Waals surface area contributed by atoms with E-state index in [4.69, 9.17) is 9.47 Å². The number of nitrogens with zero attached hydrogens (tertiary/aromatic N) is 1. The minimum absolute atomic E-state index is 0.214. The van der Waals surface area contributed by atoms with E-state index in [0.29, 0.717) is 18.1 Å². The number of rotatable bonds is 4. The van der Waals surface area contributed by atoms with Gasteiger partial charge in [-0.2, -0.15) is 4.31 Å². The molecule has 0 spiro atoms. The number of halogens is 1. The minimum Gasteiger partial charge on any atom is -0.486 e. The molecule has 0 aromatic heterocycles. The van der Waals surface area contributed by atoms with Crippen molar-refractivity contribution in [3.63, 3.8) is 0 Å². The maximum absolute atomic E-state index is 12.7. The molecular weight excluding hydrogens is 394 g/mol. The van der Waals surface area contributed by atoms with E-state index in [1.807, 2.05) is 31.2 Å².